The minimum atomic E-state index is -0.825. The number of aromatic amines is 1. The van der Waals surface area contributed by atoms with E-state index in [1.54, 1.807) is 19.1 Å². The van der Waals surface area contributed by atoms with Crippen LogP contribution in [-0.2, 0) is 19.1 Å². The number of nitrogens with one attached hydrogen (secondary N) is 3. The van der Waals surface area contributed by atoms with Gasteiger partial charge >= 0.3 is 5.97 Å². The number of pyridine rings is 1. The predicted molar refractivity (Wildman–Crippen MR) is 157 cm³/mol. The number of carbonyl (C=O) groups excluding carboxylic acids is 2. The van der Waals surface area contributed by atoms with Gasteiger partial charge < -0.3 is 35.1 Å². The fourth-order valence-electron chi connectivity index (χ4n) is 5.55. The van der Waals surface area contributed by atoms with Gasteiger partial charge in [0.25, 0.3) is 11.5 Å². The lowest BCUT2D eigenvalue weighted by Gasteiger charge is -2.43. The van der Waals surface area contributed by atoms with Crippen molar-refractivity contribution < 1.29 is 29.0 Å². The molecule has 13 heteroatoms. The topological polar surface area (TPSA) is 153 Å². The molecule has 0 radical (unpaired) electrons. The highest BCUT2D eigenvalue weighted by molar-refractivity contribution is 6.33. The van der Waals surface area contributed by atoms with Gasteiger partial charge in [0.2, 0.25) is 5.91 Å². The van der Waals surface area contributed by atoms with Gasteiger partial charge in [0.1, 0.15) is 11.4 Å². The van der Waals surface area contributed by atoms with Crippen molar-refractivity contribution in [3.05, 3.63) is 57.3 Å². The summed E-state index contributed by atoms with van der Waals surface area (Å²) in [5, 5.41) is 15.4. The van der Waals surface area contributed by atoms with Gasteiger partial charge in [-0.3, -0.25) is 24.1 Å². The Morgan fingerprint density at radius 2 is 1.83 bits per heavy atom. The molecule has 4 N–H and O–H groups in total. The van der Waals surface area contributed by atoms with Gasteiger partial charge in [0.15, 0.2) is 0 Å². The van der Waals surface area contributed by atoms with Crippen molar-refractivity contribution in [3.63, 3.8) is 0 Å². The molecule has 1 aromatic carbocycles. The SMILES string of the molecule is COCCC(C(=O)N1CCC(C(=O)O)CC1)N1CC[C@@H](NC(=O)c2cc(Cl)c(Nc3ccccc3)[nH]c2=O)[C@@H](OC)C1. The van der Waals surface area contributed by atoms with Gasteiger partial charge in [-0.1, -0.05) is 29.8 Å². The van der Waals surface area contributed by atoms with E-state index >= 15 is 0 Å². The number of piperidine rings is 2. The zero-order chi connectivity index (χ0) is 30.2. The number of hydrogen-bond donors (Lipinski definition) is 4. The van der Waals surface area contributed by atoms with E-state index < -0.39 is 41.5 Å². The van der Waals surface area contributed by atoms with E-state index in [0.717, 1.165) is 5.69 Å². The van der Waals surface area contributed by atoms with Crippen LogP contribution < -0.4 is 16.2 Å². The standard InChI is InChI=1S/C29H38ClN5O7/c1-41-15-11-23(28(38)34-12-8-18(9-13-34)29(39)40)35-14-10-22(24(17-35)42-2)32-26(36)20-16-21(30)25(33-27(20)37)31-19-6-4-3-5-7-19/h3-7,16,18,22-24H,8-15,17H2,1-2H3,(H,32,36)(H,39,40)(H2,31,33,37)/t22-,23?,24+/m1/s1. The summed E-state index contributed by atoms with van der Waals surface area (Å²) in [6.45, 7) is 2.07. The number of likely N-dealkylation sites (tertiary alicyclic amines) is 2. The van der Waals surface area contributed by atoms with Crippen LogP contribution in [0.5, 0.6) is 0 Å². The number of benzene rings is 1. The van der Waals surface area contributed by atoms with E-state index in [-0.39, 0.29) is 22.3 Å². The lowest BCUT2D eigenvalue weighted by molar-refractivity contribution is -0.148. The number of halogens is 1. The Morgan fingerprint density at radius 1 is 1.12 bits per heavy atom. The maximum atomic E-state index is 13.5. The zero-order valence-electron chi connectivity index (χ0n) is 23.8. The average Bonchev–Trinajstić information content (AvgIpc) is 2.99. The van der Waals surface area contributed by atoms with Crippen molar-refractivity contribution in [2.75, 3.05) is 52.3 Å². The van der Waals surface area contributed by atoms with Crippen LogP contribution in [-0.4, -0.2) is 103 Å². The smallest absolute Gasteiger partial charge is 0.306 e. The first kappa shape index (κ1) is 31.5. The third-order valence-electron chi connectivity index (χ3n) is 7.97. The molecule has 228 valence electrons. The summed E-state index contributed by atoms with van der Waals surface area (Å²) in [6, 6.07) is 9.66. The maximum Gasteiger partial charge on any atom is 0.306 e. The van der Waals surface area contributed by atoms with Crippen LogP contribution >= 0.6 is 11.6 Å². The first-order valence-corrected chi connectivity index (χ1v) is 14.4. The van der Waals surface area contributed by atoms with E-state index in [1.165, 1.54) is 6.07 Å². The fraction of sp³-hybridized carbons (Fsp3) is 0.517. The van der Waals surface area contributed by atoms with Crippen LogP contribution in [0.3, 0.4) is 0 Å². The molecule has 2 fully saturated rings. The van der Waals surface area contributed by atoms with Gasteiger partial charge in [-0.25, -0.2) is 0 Å². The quantitative estimate of drug-likeness (QED) is 0.303. The molecule has 0 aliphatic carbocycles. The molecule has 3 atom stereocenters. The number of hydrogen-bond acceptors (Lipinski definition) is 8. The Bertz CT molecular complexity index is 1300. The number of carbonyl (C=O) groups is 3. The molecule has 42 heavy (non-hydrogen) atoms. The fourth-order valence-corrected chi connectivity index (χ4v) is 5.76. The molecule has 1 unspecified atom stereocenters. The molecular formula is C29H38ClN5O7. The average molecular weight is 604 g/mol. The number of anilines is 2. The van der Waals surface area contributed by atoms with E-state index in [1.807, 2.05) is 35.2 Å². The minimum Gasteiger partial charge on any atom is -0.481 e. The summed E-state index contributed by atoms with van der Waals surface area (Å²) < 4.78 is 11.0. The lowest BCUT2D eigenvalue weighted by Crippen LogP contribution is -2.60. The largest absolute Gasteiger partial charge is 0.481 e. The number of ether oxygens (including phenoxy) is 2. The highest BCUT2D eigenvalue weighted by Gasteiger charge is 2.39. The summed E-state index contributed by atoms with van der Waals surface area (Å²) in [7, 11) is 3.13. The number of aliphatic carboxylic acids is 1. The van der Waals surface area contributed by atoms with Crippen LogP contribution in [0.1, 0.15) is 36.0 Å². The van der Waals surface area contributed by atoms with Crippen molar-refractivity contribution in [3.8, 4) is 0 Å². The first-order valence-electron chi connectivity index (χ1n) is 14.0. The number of carboxylic acid groups (broad SMARTS) is 1. The van der Waals surface area contributed by atoms with Gasteiger partial charge in [-0.05, 0) is 43.9 Å². The summed E-state index contributed by atoms with van der Waals surface area (Å²) in [5.41, 5.74) is 0.0291. The second kappa shape index (κ2) is 14.6. The molecule has 0 spiro atoms. The third-order valence-corrected chi connectivity index (χ3v) is 8.27. The van der Waals surface area contributed by atoms with Crippen LogP contribution in [0.4, 0.5) is 11.5 Å². The molecule has 2 aromatic rings. The number of methoxy groups -OCH3 is 2. The lowest BCUT2D eigenvalue weighted by atomic mass is 9.95. The predicted octanol–water partition coefficient (Wildman–Crippen LogP) is 2.32. The van der Waals surface area contributed by atoms with Gasteiger partial charge in [0, 0.05) is 52.7 Å². The maximum absolute atomic E-state index is 13.5. The molecule has 12 nitrogen and oxygen atoms in total. The highest BCUT2D eigenvalue weighted by atomic mass is 35.5. The zero-order valence-corrected chi connectivity index (χ0v) is 24.6. The van der Waals surface area contributed by atoms with E-state index in [2.05, 4.69) is 15.6 Å². The van der Waals surface area contributed by atoms with Crippen molar-refractivity contribution in [1.29, 1.82) is 0 Å². The minimum absolute atomic E-state index is 0.0568. The van der Waals surface area contributed by atoms with Gasteiger partial charge in [0.05, 0.1) is 29.1 Å². The molecule has 1 aromatic heterocycles. The van der Waals surface area contributed by atoms with Crippen LogP contribution in [0, 0.1) is 5.92 Å². The first-order chi connectivity index (χ1) is 20.2. The normalized spacial score (nSPS) is 20.6. The monoisotopic (exact) mass is 603 g/mol. The molecule has 2 aliphatic rings. The molecule has 0 saturated carbocycles. The number of amides is 2. The van der Waals surface area contributed by atoms with Crippen LogP contribution in [0.25, 0.3) is 0 Å². The summed E-state index contributed by atoms with van der Waals surface area (Å²) >= 11 is 6.39. The van der Waals surface area contributed by atoms with Gasteiger partial charge in [-0.2, -0.15) is 0 Å². The Hall–Kier alpha value is -3.45. The number of rotatable bonds is 11. The molecular weight excluding hydrogens is 566 g/mol. The van der Waals surface area contributed by atoms with E-state index in [0.29, 0.717) is 58.5 Å². The molecule has 0 bridgehead atoms. The second-order valence-electron chi connectivity index (χ2n) is 10.6. The second-order valence-corrected chi connectivity index (χ2v) is 11.0. The molecule has 4 rings (SSSR count). The number of para-hydroxylation sites is 1. The number of H-pyrrole nitrogens is 1. The number of carboxylic acids is 1. The molecule has 2 saturated heterocycles. The molecule has 2 aliphatic heterocycles. The number of nitrogens with zero attached hydrogens (tertiary/aromatic N) is 2. The summed E-state index contributed by atoms with van der Waals surface area (Å²) in [6.07, 6.45) is 1.38. The number of aromatic nitrogens is 1. The van der Waals surface area contributed by atoms with Crippen molar-refractivity contribution in [2.45, 2.75) is 43.9 Å². The van der Waals surface area contributed by atoms with Crippen LogP contribution in [0.15, 0.2) is 41.2 Å². The summed E-state index contributed by atoms with van der Waals surface area (Å²) in [5.74, 6) is -1.60. The Balaban J connectivity index is 1.40. The Kier molecular flexibility index (Phi) is 11.0. The van der Waals surface area contributed by atoms with Crippen molar-refractivity contribution >= 4 is 40.9 Å². The van der Waals surface area contributed by atoms with E-state index in [4.69, 9.17) is 21.1 Å². The van der Waals surface area contributed by atoms with Crippen LogP contribution in [0.2, 0.25) is 5.02 Å². The molecule has 3 heterocycles. The van der Waals surface area contributed by atoms with Gasteiger partial charge in [-0.15, -0.1) is 0 Å². The van der Waals surface area contributed by atoms with Crippen molar-refractivity contribution in [2.24, 2.45) is 5.92 Å². The Morgan fingerprint density at radius 3 is 2.48 bits per heavy atom. The third kappa shape index (κ3) is 7.68. The summed E-state index contributed by atoms with van der Waals surface area (Å²) in [4.78, 5) is 57.3. The van der Waals surface area contributed by atoms with E-state index in [9.17, 15) is 24.3 Å². The highest BCUT2D eigenvalue weighted by Crippen LogP contribution is 2.25. The van der Waals surface area contributed by atoms with Crippen molar-refractivity contribution in [1.82, 2.24) is 20.1 Å². The Labute approximate surface area is 249 Å². The molecule has 2 amide bonds.